The summed E-state index contributed by atoms with van der Waals surface area (Å²) in [5.74, 6) is -0.0685. The summed E-state index contributed by atoms with van der Waals surface area (Å²) < 4.78 is 26.4. The van der Waals surface area contributed by atoms with Gasteiger partial charge in [-0.25, -0.2) is 13.1 Å². The molecule has 1 aromatic rings. The van der Waals surface area contributed by atoms with Crippen molar-refractivity contribution in [3.63, 3.8) is 0 Å². The predicted molar refractivity (Wildman–Crippen MR) is 93.3 cm³/mol. The Balaban J connectivity index is 2.25. The van der Waals surface area contributed by atoms with E-state index in [1.165, 1.54) is 0 Å². The quantitative estimate of drug-likeness (QED) is 0.701. The highest BCUT2D eigenvalue weighted by atomic mass is 79.9. The lowest BCUT2D eigenvalue weighted by molar-refractivity contribution is -0.116. The highest BCUT2D eigenvalue weighted by Crippen LogP contribution is 2.15. The number of carbonyl (C=O) groups is 1. The average molecular weight is 391 g/mol. The van der Waals surface area contributed by atoms with Gasteiger partial charge in [0.1, 0.15) is 0 Å². The summed E-state index contributed by atoms with van der Waals surface area (Å²) in [6, 6.07) is 7.35. The number of benzene rings is 1. The van der Waals surface area contributed by atoms with Crippen molar-refractivity contribution in [1.29, 1.82) is 0 Å². The largest absolute Gasteiger partial charge is 0.326 e. The van der Waals surface area contributed by atoms with E-state index in [1.54, 1.807) is 20.8 Å². The van der Waals surface area contributed by atoms with E-state index in [0.29, 0.717) is 25.8 Å². The van der Waals surface area contributed by atoms with Gasteiger partial charge in [0, 0.05) is 23.1 Å². The zero-order chi connectivity index (χ0) is 16.8. The molecule has 22 heavy (non-hydrogen) atoms. The van der Waals surface area contributed by atoms with Crippen LogP contribution in [0.25, 0.3) is 0 Å². The maximum absolute atomic E-state index is 11.8. The van der Waals surface area contributed by atoms with Gasteiger partial charge in [0.05, 0.1) is 4.75 Å². The van der Waals surface area contributed by atoms with Crippen molar-refractivity contribution in [3.8, 4) is 0 Å². The second kappa shape index (κ2) is 8.08. The van der Waals surface area contributed by atoms with Crippen molar-refractivity contribution in [2.24, 2.45) is 0 Å². The topological polar surface area (TPSA) is 75.3 Å². The van der Waals surface area contributed by atoms with Crippen LogP contribution in [-0.4, -0.2) is 25.6 Å². The maximum atomic E-state index is 11.8. The molecule has 0 aliphatic rings. The number of halogens is 1. The lowest BCUT2D eigenvalue weighted by Gasteiger charge is -2.19. The van der Waals surface area contributed by atoms with Crippen LogP contribution < -0.4 is 10.0 Å². The van der Waals surface area contributed by atoms with Gasteiger partial charge in [0.25, 0.3) is 0 Å². The van der Waals surface area contributed by atoms with Gasteiger partial charge in [0.2, 0.25) is 15.9 Å². The Kier molecular flexibility index (Phi) is 7.02. The van der Waals surface area contributed by atoms with Crippen LogP contribution in [0, 0.1) is 0 Å². The van der Waals surface area contributed by atoms with Crippen LogP contribution in [0.4, 0.5) is 5.69 Å². The van der Waals surface area contributed by atoms with E-state index < -0.39 is 14.8 Å². The summed E-state index contributed by atoms with van der Waals surface area (Å²) in [6.45, 7) is 5.31. The fraction of sp³-hybridized carbons (Fsp3) is 0.533. The number of amides is 1. The maximum Gasteiger partial charge on any atom is 0.224 e. The van der Waals surface area contributed by atoms with Crippen molar-refractivity contribution in [1.82, 2.24) is 4.72 Å². The van der Waals surface area contributed by atoms with Crippen molar-refractivity contribution < 1.29 is 13.2 Å². The SMILES string of the molecule is CC(C)(C)S(=O)(=O)NCCCCC(=O)Nc1ccc(Br)cc1. The zero-order valence-electron chi connectivity index (χ0n) is 13.1. The molecule has 0 saturated carbocycles. The molecule has 0 saturated heterocycles. The molecule has 124 valence electrons. The lowest BCUT2D eigenvalue weighted by atomic mass is 10.2. The second-order valence-electron chi connectivity index (χ2n) is 6.02. The van der Waals surface area contributed by atoms with Crippen LogP contribution in [0.2, 0.25) is 0 Å². The van der Waals surface area contributed by atoms with Crippen LogP contribution in [-0.2, 0) is 14.8 Å². The number of rotatable bonds is 7. The highest BCUT2D eigenvalue weighted by Gasteiger charge is 2.27. The molecular formula is C15H23BrN2O3S. The summed E-state index contributed by atoms with van der Waals surface area (Å²) in [5, 5.41) is 2.80. The van der Waals surface area contributed by atoms with Gasteiger partial charge in [-0.1, -0.05) is 15.9 Å². The van der Waals surface area contributed by atoms with E-state index in [0.717, 1.165) is 10.2 Å². The first kappa shape index (κ1) is 19.1. The first-order valence-electron chi connectivity index (χ1n) is 7.16. The molecule has 7 heteroatoms. The van der Waals surface area contributed by atoms with E-state index in [-0.39, 0.29) is 5.91 Å². The summed E-state index contributed by atoms with van der Waals surface area (Å²) in [6.07, 6.45) is 1.63. The van der Waals surface area contributed by atoms with Gasteiger partial charge in [-0.05, 0) is 57.9 Å². The fourth-order valence-corrected chi connectivity index (χ4v) is 2.70. The third-order valence-electron chi connectivity index (χ3n) is 3.06. The zero-order valence-corrected chi connectivity index (χ0v) is 15.6. The first-order chi connectivity index (χ1) is 10.1. The summed E-state index contributed by atoms with van der Waals surface area (Å²) in [4.78, 5) is 11.8. The lowest BCUT2D eigenvalue weighted by Crippen LogP contribution is -2.39. The Morgan fingerprint density at radius 3 is 2.27 bits per heavy atom. The van der Waals surface area contributed by atoms with E-state index in [9.17, 15) is 13.2 Å². The Morgan fingerprint density at radius 1 is 1.14 bits per heavy atom. The number of hydrogen-bond acceptors (Lipinski definition) is 3. The summed E-state index contributed by atoms with van der Waals surface area (Å²) in [7, 11) is -3.31. The van der Waals surface area contributed by atoms with Gasteiger partial charge in [-0.2, -0.15) is 0 Å². The van der Waals surface area contributed by atoms with Crippen molar-refractivity contribution in [2.45, 2.75) is 44.8 Å². The molecule has 1 rings (SSSR count). The molecule has 0 radical (unpaired) electrons. The van der Waals surface area contributed by atoms with Crippen LogP contribution in [0.15, 0.2) is 28.7 Å². The minimum atomic E-state index is -3.31. The standard InChI is InChI=1S/C15H23BrN2O3S/c1-15(2,3)22(20,21)17-11-5-4-6-14(19)18-13-9-7-12(16)8-10-13/h7-10,17H,4-6,11H2,1-3H3,(H,18,19). The van der Waals surface area contributed by atoms with Gasteiger partial charge in [0.15, 0.2) is 0 Å². The summed E-state index contributed by atoms with van der Waals surface area (Å²) in [5.41, 5.74) is 0.752. The fourth-order valence-electron chi connectivity index (χ4n) is 1.59. The smallest absolute Gasteiger partial charge is 0.224 e. The molecule has 1 amide bonds. The molecule has 0 atom stereocenters. The molecule has 0 aromatic heterocycles. The molecule has 0 aliphatic carbocycles. The Labute approximate surface area is 141 Å². The molecule has 0 fully saturated rings. The molecule has 1 aromatic carbocycles. The van der Waals surface area contributed by atoms with Gasteiger partial charge >= 0.3 is 0 Å². The molecule has 0 heterocycles. The van der Waals surface area contributed by atoms with Crippen LogP contribution in [0.3, 0.4) is 0 Å². The Morgan fingerprint density at radius 2 is 1.73 bits per heavy atom. The Bertz CT molecular complexity index is 592. The van der Waals surface area contributed by atoms with Crippen LogP contribution >= 0.6 is 15.9 Å². The number of anilines is 1. The molecule has 0 bridgehead atoms. The predicted octanol–water partition coefficient (Wildman–Crippen LogP) is 3.28. The van der Waals surface area contributed by atoms with E-state index >= 15 is 0 Å². The monoisotopic (exact) mass is 390 g/mol. The third kappa shape index (κ3) is 6.46. The first-order valence-corrected chi connectivity index (χ1v) is 9.44. The molecule has 5 nitrogen and oxygen atoms in total. The van der Waals surface area contributed by atoms with Crippen molar-refractivity contribution >= 4 is 37.5 Å². The van der Waals surface area contributed by atoms with Crippen LogP contribution in [0.5, 0.6) is 0 Å². The highest BCUT2D eigenvalue weighted by molar-refractivity contribution is 9.10. The van der Waals surface area contributed by atoms with Gasteiger partial charge in [-0.3, -0.25) is 4.79 Å². The third-order valence-corrected chi connectivity index (χ3v) is 5.78. The number of nitrogens with one attached hydrogen (secondary N) is 2. The Hall–Kier alpha value is -0.920. The minimum Gasteiger partial charge on any atom is -0.326 e. The molecule has 0 aliphatic heterocycles. The second-order valence-corrected chi connectivity index (χ2v) is 9.46. The van der Waals surface area contributed by atoms with Crippen LogP contribution in [0.1, 0.15) is 40.0 Å². The number of carbonyl (C=O) groups excluding carboxylic acids is 1. The molecule has 0 spiro atoms. The van der Waals surface area contributed by atoms with E-state index in [1.807, 2.05) is 24.3 Å². The van der Waals surface area contributed by atoms with Gasteiger partial charge in [-0.15, -0.1) is 0 Å². The number of sulfonamides is 1. The molecular weight excluding hydrogens is 368 g/mol. The minimum absolute atomic E-state index is 0.0685. The van der Waals surface area contributed by atoms with E-state index in [2.05, 4.69) is 26.0 Å². The van der Waals surface area contributed by atoms with E-state index in [4.69, 9.17) is 0 Å². The van der Waals surface area contributed by atoms with Crippen molar-refractivity contribution in [3.05, 3.63) is 28.7 Å². The number of hydrogen-bond donors (Lipinski definition) is 2. The van der Waals surface area contributed by atoms with Gasteiger partial charge < -0.3 is 5.32 Å². The molecule has 0 unspecified atom stereocenters. The average Bonchev–Trinajstić information content (AvgIpc) is 2.39. The number of unbranched alkanes of at least 4 members (excludes halogenated alkanes) is 1. The van der Waals surface area contributed by atoms with Crippen molar-refractivity contribution in [2.75, 3.05) is 11.9 Å². The molecule has 2 N–H and O–H groups in total. The summed E-state index contributed by atoms with van der Waals surface area (Å²) >= 11 is 3.33. The normalized spacial score (nSPS) is 12.2.